The Morgan fingerprint density at radius 1 is 1.25 bits per heavy atom. The van der Waals surface area contributed by atoms with Gasteiger partial charge in [-0.15, -0.1) is 11.8 Å². The highest BCUT2D eigenvalue weighted by Crippen LogP contribution is 2.39. The Bertz CT molecular complexity index is 839. The maximum Gasteiger partial charge on any atom is 0.251 e. The van der Waals surface area contributed by atoms with Crippen LogP contribution in [0.4, 0.5) is 0 Å². The zero-order valence-corrected chi connectivity index (χ0v) is 16.0. The Balaban J connectivity index is 1.91. The molecule has 2 N–H and O–H groups in total. The summed E-state index contributed by atoms with van der Waals surface area (Å²) < 4.78 is 11.7. The molecule has 0 bridgehead atoms. The van der Waals surface area contributed by atoms with Crippen LogP contribution in [0.1, 0.15) is 32.7 Å². The number of nitrogens with zero attached hydrogens (tertiary/aromatic N) is 1. The summed E-state index contributed by atoms with van der Waals surface area (Å²) in [6.45, 7) is 6.04. The molecule has 2 heterocycles. The summed E-state index contributed by atoms with van der Waals surface area (Å²) >= 11 is 5.04. The van der Waals surface area contributed by atoms with Crippen LogP contribution in [-0.4, -0.2) is 17.7 Å². The Hall–Kier alpha value is -1.73. The highest BCUT2D eigenvalue weighted by molar-refractivity contribution is 9.10. The van der Waals surface area contributed by atoms with Crippen molar-refractivity contribution in [2.24, 2.45) is 5.73 Å². The van der Waals surface area contributed by atoms with Crippen molar-refractivity contribution in [3.63, 3.8) is 0 Å². The van der Waals surface area contributed by atoms with Gasteiger partial charge >= 0.3 is 0 Å². The van der Waals surface area contributed by atoms with Crippen LogP contribution in [-0.2, 0) is 5.75 Å². The maximum atomic E-state index is 11.9. The van der Waals surface area contributed by atoms with Gasteiger partial charge in [0.1, 0.15) is 5.03 Å². The van der Waals surface area contributed by atoms with E-state index in [1.165, 1.54) is 11.8 Å². The van der Waals surface area contributed by atoms with Crippen LogP contribution in [0.25, 0.3) is 0 Å². The van der Waals surface area contributed by atoms with Gasteiger partial charge in [0, 0.05) is 15.9 Å². The molecule has 24 heavy (non-hydrogen) atoms. The minimum atomic E-state index is -0.449. The van der Waals surface area contributed by atoms with Crippen molar-refractivity contribution >= 4 is 33.6 Å². The minimum Gasteiger partial charge on any atom is -0.454 e. The fourth-order valence-electron chi connectivity index (χ4n) is 2.52. The van der Waals surface area contributed by atoms with E-state index in [0.29, 0.717) is 16.3 Å². The molecule has 5 nitrogen and oxygen atoms in total. The summed E-state index contributed by atoms with van der Waals surface area (Å²) in [4.78, 5) is 16.4. The Kier molecular flexibility index (Phi) is 4.73. The molecular formula is C17H17BrN2O3S. The number of ether oxygens (including phenoxy) is 2. The molecule has 0 spiro atoms. The standard InChI is InChI=1S/C17H17BrN2O3S/c1-8-9(2)15(16(19)21)17(20-10(8)3)24-6-11-4-13-14(5-12(11)18)23-7-22-13/h4-5H,6-7H2,1-3H3,(H2,19,21). The predicted molar refractivity (Wildman–Crippen MR) is 96.8 cm³/mol. The number of aromatic nitrogens is 1. The molecule has 7 heteroatoms. The number of amides is 1. The molecule has 1 amide bonds. The number of hydrogen-bond acceptors (Lipinski definition) is 5. The van der Waals surface area contributed by atoms with Gasteiger partial charge in [-0.3, -0.25) is 4.79 Å². The lowest BCUT2D eigenvalue weighted by atomic mass is 10.0. The number of aryl methyl sites for hydroxylation is 1. The molecule has 126 valence electrons. The number of halogens is 1. The highest BCUT2D eigenvalue weighted by atomic mass is 79.9. The summed E-state index contributed by atoms with van der Waals surface area (Å²) in [7, 11) is 0. The number of carbonyl (C=O) groups excluding carboxylic acids is 1. The van der Waals surface area contributed by atoms with Crippen LogP contribution < -0.4 is 15.2 Å². The lowest BCUT2D eigenvalue weighted by molar-refractivity contribution is 0.0996. The SMILES string of the molecule is Cc1nc(SCc2cc3c(cc2Br)OCO3)c(C(N)=O)c(C)c1C. The Morgan fingerprint density at radius 3 is 2.58 bits per heavy atom. The molecule has 0 unspecified atom stereocenters. The van der Waals surface area contributed by atoms with Gasteiger partial charge in [-0.05, 0) is 49.6 Å². The first kappa shape index (κ1) is 17.1. The van der Waals surface area contributed by atoms with Gasteiger partial charge in [-0.25, -0.2) is 4.98 Å². The van der Waals surface area contributed by atoms with Crippen LogP contribution >= 0.6 is 27.7 Å². The predicted octanol–water partition coefficient (Wildman–Crippen LogP) is 3.89. The maximum absolute atomic E-state index is 11.9. The van der Waals surface area contributed by atoms with Crippen molar-refractivity contribution < 1.29 is 14.3 Å². The van der Waals surface area contributed by atoms with E-state index < -0.39 is 5.91 Å². The molecule has 2 aromatic rings. The van der Waals surface area contributed by atoms with Crippen LogP contribution in [0.5, 0.6) is 11.5 Å². The fourth-order valence-corrected chi connectivity index (χ4v) is 4.30. The van der Waals surface area contributed by atoms with E-state index in [-0.39, 0.29) is 6.79 Å². The number of fused-ring (bicyclic) bond motifs is 1. The van der Waals surface area contributed by atoms with Gasteiger partial charge in [0.25, 0.3) is 5.91 Å². The van der Waals surface area contributed by atoms with Crippen LogP contribution in [0.3, 0.4) is 0 Å². The molecule has 0 radical (unpaired) electrons. The van der Waals surface area contributed by atoms with E-state index in [1.807, 2.05) is 32.9 Å². The molecule has 1 aliphatic heterocycles. The Morgan fingerprint density at radius 2 is 1.92 bits per heavy atom. The number of thioether (sulfide) groups is 1. The second-order valence-electron chi connectivity index (χ2n) is 5.58. The molecule has 0 saturated carbocycles. The van der Waals surface area contributed by atoms with Gasteiger partial charge < -0.3 is 15.2 Å². The quantitative estimate of drug-likeness (QED) is 0.776. The molecule has 1 aromatic carbocycles. The average Bonchev–Trinajstić information content (AvgIpc) is 2.96. The zero-order chi connectivity index (χ0) is 17.4. The zero-order valence-electron chi connectivity index (χ0n) is 13.6. The third-order valence-corrected chi connectivity index (χ3v) is 5.88. The summed E-state index contributed by atoms with van der Waals surface area (Å²) in [6.07, 6.45) is 0. The first-order valence-corrected chi connectivity index (χ1v) is 9.14. The van der Waals surface area contributed by atoms with Crippen LogP contribution in [0, 0.1) is 20.8 Å². The largest absolute Gasteiger partial charge is 0.454 e. The van der Waals surface area contributed by atoms with Crippen LogP contribution in [0.2, 0.25) is 0 Å². The number of rotatable bonds is 4. The molecule has 3 rings (SSSR count). The number of primary amides is 1. The molecule has 0 aliphatic carbocycles. The molecule has 1 aromatic heterocycles. The van der Waals surface area contributed by atoms with E-state index in [0.717, 1.165) is 38.4 Å². The molecular weight excluding hydrogens is 392 g/mol. The first-order chi connectivity index (χ1) is 11.4. The molecule has 0 saturated heterocycles. The first-order valence-electron chi connectivity index (χ1n) is 7.37. The number of carbonyl (C=O) groups is 1. The van der Waals surface area contributed by atoms with Crippen molar-refractivity contribution in [1.29, 1.82) is 0 Å². The van der Waals surface area contributed by atoms with Crippen molar-refractivity contribution in [2.45, 2.75) is 31.6 Å². The van der Waals surface area contributed by atoms with Gasteiger partial charge in [0.2, 0.25) is 6.79 Å². The highest BCUT2D eigenvalue weighted by Gasteiger charge is 2.20. The lowest BCUT2D eigenvalue weighted by Crippen LogP contribution is -2.16. The molecule has 1 aliphatic rings. The van der Waals surface area contributed by atoms with Gasteiger partial charge in [-0.1, -0.05) is 15.9 Å². The van der Waals surface area contributed by atoms with E-state index in [4.69, 9.17) is 15.2 Å². The smallest absolute Gasteiger partial charge is 0.251 e. The number of nitrogens with two attached hydrogens (primary N) is 1. The van der Waals surface area contributed by atoms with Crippen molar-refractivity contribution in [2.75, 3.05) is 6.79 Å². The van der Waals surface area contributed by atoms with Crippen molar-refractivity contribution in [3.8, 4) is 11.5 Å². The third kappa shape index (κ3) is 3.10. The normalized spacial score (nSPS) is 12.5. The summed E-state index contributed by atoms with van der Waals surface area (Å²) in [5.74, 6) is 1.64. The fraction of sp³-hybridized carbons (Fsp3) is 0.294. The minimum absolute atomic E-state index is 0.238. The monoisotopic (exact) mass is 408 g/mol. The second-order valence-corrected chi connectivity index (χ2v) is 7.40. The lowest BCUT2D eigenvalue weighted by Gasteiger charge is -2.14. The summed E-state index contributed by atoms with van der Waals surface area (Å²) in [5, 5.41) is 0.660. The van der Waals surface area contributed by atoms with Gasteiger partial charge in [-0.2, -0.15) is 0 Å². The summed E-state index contributed by atoms with van der Waals surface area (Å²) in [5.41, 5.74) is 9.90. The van der Waals surface area contributed by atoms with Gasteiger partial charge in [0.15, 0.2) is 11.5 Å². The number of hydrogen-bond donors (Lipinski definition) is 1. The second kappa shape index (κ2) is 6.64. The summed E-state index contributed by atoms with van der Waals surface area (Å²) in [6, 6.07) is 3.84. The topological polar surface area (TPSA) is 74.4 Å². The van der Waals surface area contributed by atoms with Crippen molar-refractivity contribution in [1.82, 2.24) is 4.98 Å². The number of benzene rings is 1. The molecule has 0 atom stereocenters. The van der Waals surface area contributed by atoms with Gasteiger partial charge in [0.05, 0.1) is 5.56 Å². The van der Waals surface area contributed by atoms with Crippen LogP contribution in [0.15, 0.2) is 21.6 Å². The number of pyridine rings is 1. The van der Waals surface area contributed by atoms with E-state index in [2.05, 4.69) is 20.9 Å². The van der Waals surface area contributed by atoms with Crippen molar-refractivity contribution in [3.05, 3.63) is 44.6 Å². The Labute approximate surface area is 153 Å². The van der Waals surface area contributed by atoms with E-state index in [1.54, 1.807) is 0 Å². The average molecular weight is 409 g/mol. The third-order valence-electron chi connectivity index (χ3n) is 4.12. The van der Waals surface area contributed by atoms with E-state index >= 15 is 0 Å². The molecule has 0 fully saturated rings. The van der Waals surface area contributed by atoms with E-state index in [9.17, 15) is 4.79 Å².